The van der Waals surface area contributed by atoms with Crippen LogP contribution in [0, 0.1) is 20.8 Å². The molecule has 1 radical (unpaired) electrons. The quantitative estimate of drug-likeness (QED) is 0.541. The fourth-order valence-corrected chi connectivity index (χ4v) is 0.663. The minimum atomic E-state index is 1.37. The average molecular weight is 165 g/mol. The largest absolute Gasteiger partial charge is 0.0683 e. The molecule has 0 atom stereocenters. The summed E-state index contributed by atoms with van der Waals surface area (Å²) in [4.78, 5) is 0. The van der Waals surface area contributed by atoms with E-state index >= 15 is 0 Å². The molecular formula is C12H21. The Kier molecular flexibility index (Phi) is 11.7. The van der Waals surface area contributed by atoms with Crippen LogP contribution in [0.2, 0.25) is 0 Å². The summed E-state index contributed by atoms with van der Waals surface area (Å²) >= 11 is 0. The molecule has 0 heteroatoms. The van der Waals surface area contributed by atoms with Crippen LogP contribution >= 0.6 is 0 Å². The predicted octanol–water partition coefficient (Wildman–Crippen LogP) is 4.17. The van der Waals surface area contributed by atoms with Crippen molar-refractivity contribution in [1.82, 2.24) is 0 Å². The van der Waals surface area contributed by atoms with Gasteiger partial charge in [-0.15, -0.1) is 0 Å². The first-order chi connectivity index (χ1) is 5.80. The number of benzene rings is 1. The third kappa shape index (κ3) is 5.96. The molecule has 0 aliphatic carbocycles. The molecule has 0 aliphatic heterocycles. The van der Waals surface area contributed by atoms with Crippen LogP contribution in [0.5, 0.6) is 0 Å². The van der Waals surface area contributed by atoms with Crippen molar-refractivity contribution >= 4 is 0 Å². The monoisotopic (exact) mass is 165 g/mol. The molecule has 0 unspecified atom stereocenters. The molecule has 0 amide bonds. The molecule has 0 spiro atoms. The highest BCUT2D eigenvalue weighted by molar-refractivity contribution is 5.23. The summed E-state index contributed by atoms with van der Waals surface area (Å²) in [6, 6.07) is 8.36. The van der Waals surface area contributed by atoms with E-state index in [1.165, 1.54) is 11.1 Å². The van der Waals surface area contributed by atoms with Crippen LogP contribution in [0.25, 0.3) is 0 Å². The van der Waals surface area contributed by atoms with Gasteiger partial charge in [-0.1, -0.05) is 52.0 Å². The minimum absolute atomic E-state index is 1.37. The van der Waals surface area contributed by atoms with Gasteiger partial charge in [-0.3, -0.25) is 0 Å². The van der Waals surface area contributed by atoms with E-state index in [4.69, 9.17) is 0 Å². The molecule has 0 heterocycles. The van der Waals surface area contributed by atoms with E-state index in [0.717, 1.165) is 0 Å². The predicted molar refractivity (Wildman–Crippen MR) is 58.3 cm³/mol. The zero-order valence-electron chi connectivity index (χ0n) is 9.02. The maximum Gasteiger partial charge on any atom is -0.0395 e. The van der Waals surface area contributed by atoms with Gasteiger partial charge in [0.05, 0.1) is 0 Å². The second-order valence-electron chi connectivity index (χ2n) is 2.08. The lowest BCUT2D eigenvalue weighted by Crippen LogP contribution is -1.74. The van der Waals surface area contributed by atoms with Crippen molar-refractivity contribution in [2.45, 2.75) is 34.6 Å². The topological polar surface area (TPSA) is 0 Å². The summed E-state index contributed by atoms with van der Waals surface area (Å²) in [5.74, 6) is 0. The zero-order valence-corrected chi connectivity index (χ0v) is 9.02. The summed E-state index contributed by atoms with van der Waals surface area (Å²) < 4.78 is 0. The highest BCUT2D eigenvalue weighted by Crippen LogP contribution is 2.02. The lowest BCUT2D eigenvalue weighted by atomic mass is 10.1. The molecule has 0 aromatic heterocycles. The lowest BCUT2D eigenvalue weighted by Gasteiger charge is -1.93. The number of rotatable bonds is 0. The van der Waals surface area contributed by atoms with E-state index in [2.05, 4.69) is 45.0 Å². The van der Waals surface area contributed by atoms with Crippen molar-refractivity contribution < 1.29 is 0 Å². The molecule has 0 saturated heterocycles. The van der Waals surface area contributed by atoms with Crippen molar-refractivity contribution in [1.29, 1.82) is 0 Å². The van der Waals surface area contributed by atoms with E-state index < -0.39 is 0 Å². The van der Waals surface area contributed by atoms with Crippen LogP contribution < -0.4 is 0 Å². The van der Waals surface area contributed by atoms with Gasteiger partial charge in [-0.2, -0.15) is 0 Å². The van der Waals surface area contributed by atoms with Gasteiger partial charge in [0, 0.05) is 0 Å². The molecule has 69 valence electrons. The number of hydrogen-bond acceptors (Lipinski definition) is 0. The van der Waals surface area contributed by atoms with Crippen LogP contribution in [0.15, 0.2) is 24.3 Å². The van der Waals surface area contributed by atoms with Crippen LogP contribution in [0.1, 0.15) is 31.9 Å². The van der Waals surface area contributed by atoms with Crippen LogP contribution in [0.4, 0.5) is 0 Å². The van der Waals surface area contributed by atoms with Gasteiger partial charge in [0.25, 0.3) is 0 Å². The molecule has 1 aromatic rings. The highest BCUT2D eigenvalue weighted by atomic mass is 13.9. The van der Waals surface area contributed by atoms with Gasteiger partial charge in [0.2, 0.25) is 0 Å². The Hall–Kier alpha value is -0.780. The maximum atomic E-state index is 3.25. The van der Waals surface area contributed by atoms with Crippen molar-refractivity contribution in [3.8, 4) is 0 Å². The fraction of sp³-hybridized carbons (Fsp3) is 0.417. The first-order valence-corrected chi connectivity index (χ1v) is 4.53. The Bertz CT molecular complexity index is 156. The first kappa shape index (κ1) is 13.8. The zero-order chi connectivity index (χ0) is 9.98. The number of aryl methyl sites for hydroxylation is 2. The third-order valence-electron chi connectivity index (χ3n) is 1.43. The molecule has 0 N–H and O–H groups in total. The average Bonchev–Trinajstić information content (AvgIpc) is 2.17. The lowest BCUT2D eigenvalue weighted by molar-refractivity contribution is 1.34. The summed E-state index contributed by atoms with van der Waals surface area (Å²) in [7, 11) is 0. The molecule has 0 bridgehead atoms. The normalized spacial score (nSPS) is 7.17. The summed E-state index contributed by atoms with van der Waals surface area (Å²) in [6.45, 7) is 13.2. The van der Waals surface area contributed by atoms with Crippen LogP contribution in [0.3, 0.4) is 0 Å². The minimum Gasteiger partial charge on any atom is -0.0683 e. The van der Waals surface area contributed by atoms with Gasteiger partial charge in [0.15, 0.2) is 0 Å². The highest BCUT2D eigenvalue weighted by Gasteiger charge is 1.83. The van der Waals surface area contributed by atoms with Crippen molar-refractivity contribution in [2.24, 2.45) is 0 Å². The second kappa shape index (κ2) is 10.2. The summed E-state index contributed by atoms with van der Waals surface area (Å²) in [5.41, 5.74) is 2.74. The second-order valence-corrected chi connectivity index (χ2v) is 2.08. The molecular weight excluding hydrogens is 144 g/mol. The van der Waals surface area contributed by atoms with E-state index in [0.29, 0.717) is 0 Å². The van der Waals surface area contributed by atoms with E-state index in [-0.39, 0.29) is 0 Å². The van der Waals surface area contributed by atoms with E-state index in [9.17, 15) is 0 Å². The van der Waals surface area contributed by atoms with Gasteiger partial charge in [-0.25, -0.2) is 0 Å². The van der Waals surface area contributed by atoms with Gasteiger partial charge < -0.3 is 0 Å². The molecule has 1 rings (SSSR count). The Balaban J connectivity index is 0. The fourth-order valence-electron chi connectivity index (χ4n) is 0.663. The van der Waals surface area contributed by atoms with Gasteiger partial charge in [-0.05, 0) is 25.0 Å². The molecule has 12 heavy (non-hydrogen) atoms. The Labute approximate surface area is 77.6 Å². The first-order valence-electron chi connectivity index (χ1n) is 4.53. The Morgan fingerprint density at radius 3 is 1.25 bits per heavy atom. The van der Waals surface area contributed by atoms with E-state index in [1.807, 2.05) is 13.8 Å². The van der Waals surface area contributed by atoms with Crippen molar-refractivity contribution in [2.75, 3.05) is 0 Å². The Morgan fingerprint density at radius 1 is 0.833 bits per heavy atom. The molecule has 0 saturated carbocycles. The van der Waals surface area contributed by atoms with Gasteiger partial charge in [0.1, 0.15) is 0 Å². The molecule has 0 nitrogen and oxygen atoms in total. The van der Waals surface area contributed by atoms with Gasteiger partial charge >= 0.3 is 0 Å². The maximum absolute atomic E-state index is 3.25. The SMILES string of the molecule is CC.Cc1ccccc1C.[CH2]C. The van der Waals surface area contributed by atoms with Crippen molar-refractivity contribution in [3.63, 3.8) is 0 Å². The smallest absolute Gasteiger partial charge is 0.0395 e. The molecule has 0 fully saturated rings. The van der Waals surface area contributed by atoms with Crippen LogP contribution in [-0.2, 0) is 0 Å². The Morgan fingerprint density at radius 2 is 1.08 bits per heavy atom. The molecule has 1 aromatic carbocycles. The molecule has 0 aliphatic rings. The van der Waals surface area contributed by atoms with E-state index in [1.54, 1.807) is 6.92 Å². The summed E-state index contributed by atoms with van der Waals surface area (Å²) in [6.07, 6.45) is 0. The number of hydrogen-bond donors (Lipinski definition) is 0. The standard InChI is InChI=1S/C8H10.C2H6.C2H5/c1-7-5-3-4-6-8(7)2;2*1-2/h3-6H,1-2H3;1-2H3;1H2,2H3. The summed E-state index contributed by atoms with van der Waals surface area (Å²) in [5, 5.41) is 0. The van der Waals surface area contributed by atoms with Crippen molar-refractivity contribution in [3.05, 3.63) is 42.3 Å². The van der Waals surface area contributed by atoms with Crippen LogP contribution in [-0.4, -0.2) is 0 Å². The third-order valence-corrected chi connectivity index (χ3v) is 1.43.